The van der Waals surface area contributed by atoms with Crippen LogP contribution in [0.1, 0.15) is 22.3 Å². The minimum Gasteiger partial charge on any atom is -0.467 e. The molecule has 0 bridgehead atoms. The number of nitrogens with zero attached hydrogens (tertiary/aromatic N) is 3. The van der Waals surface area contributed by atoms with Gasteiger partial charge in [-0.25, -0.2) is 4.98 Å². The second-order valence-electron chi connectivity index (χ2n) is 8.15. The Balaban J connectivity index is 1.63. The van der Waals surface area contributed by atoms with Crippen LogP contribution < -0.4 is 10.3 Å². The summed E-state index contributed by atoms with van der Waals surface area (Å²) in [5, 5.41) is 12.5. The fourth-order valence-corrected chi connectivity index (χ4v) is 5.13. The molecule has 0 amide bonds. The van der Waals surface area contributed by atoms with E-state index >= 15 is 0 Å². The lowest BCUT2D eigenvalue weighted by Crippen LogP contribution is -2.22. The molecule has 3 aromatic carbocycles. The number of nitro groups is 1. The minimum absolute atomic E-state index is 0.0263. The molecule has 5 rings (SSSR count). The average molecular weight is 476 g/mol. The number of aryl methyl sites for hydroxylation is 2. The number of para-hydroxylation sites is 1. The SMILES string of the molecule is Cc1cc(C)cc(-n2c(SCc3cc([N+](=O)[O-])cc4c3OCOC4)nc3ccccc3c2=O)c1. The molecule has 1 aromatic heterocycles. The molecular formula is C25H21N3O5S. The number of hydrogen-bond acceptors (Lipinski definition) is 7. The molecule has 4 aromatic rings. The van der Waals surface area contributed by atoms with E-state index < -0.39 is 4.92 Å². The average Bonchev–Trinajstić information content (AvgIpc) is 2.81. The quantitative estimate of drug-likeness (QED) is 0.172. The van der Waals surface area contributed by atoms with Crippen molar-refractivity contribution in [3.05, 3.63) is 97.3 Å². The molecule has 2 heterocycles. The third kappa shape index (κ3) is 4.15. The van der Waals surface area contributed by atoms with Gasteiger partial charge in [0.05, 0.1) is 28.1 Å². The fraction of sp³-hybridized carbons (Fsp3) is 0.200. The molecule has 0 spiro atoms. The van der Waals surface area contributed by atoms with Gasteiger partial charge in [-0.1, -0.05) is 30.0 Å². The molecule has 0 saturated heterocycles. The van der Waals surface area contributed by atoms with E-state index in [0.717, 1.165) is 16.8 Å². The highest BCUT2D eigenvalue weighted by atomic mass is 32.2. The smallest absolute Gasteiger partial charge is 0.270 e. The lowest BCUT2D eigenvalue weighted by atomic mass is 10.1. The molecule has 0 atom stereocenters. The standard InChI is InChI=1S/C25H21N3O5S/c1-15-7-16(2)9-19(8-15)27-24(29)21-5-3-4-6-22(21)26-25(27)34-13-18-11-20(28(30)31)10-17-12-32-14-33-23(17)18/h3-11H,12-14H2,1-2H3. The summed E-state index contributed by atoms with van der Waals surface area (Å²) < 4.78 is 12.6. The number of nitro benzene ring substituents is 1. The van der Waals surface area contributed by atoms with Crippen molar-refractivity contribution in [3.63, 3.8) is 0 Å². The Kier molecular flexibility index (Phi) is 5.80. The Bertz CT molecular complexity index is 1480. The number of thioether (sulfide) groups is 1. The van der Waals surface area contributed by atoms with E-state index in [1.807, 2.05) is 50.2 Å². The van der Waals surface area contributed by atoms with Gasteiger partial charge in [0.2, 0.25) is 0 Å². The topological polar surface area (TPSA) is 96.5 Å². The van der Waals surface area contributed by atoms with Crippen LogP contribution in [0.25, 0.3) is 16.6 Å². The molecule has 0 saturated carbocycles. The zero-order valence-corrected chi connectivity index (χ0v) is 19.4. The van der Waals surface area contributed by atoms with Gasteiger partial charge in [0.1, 0.15) is 5.75 Å². The molecule has 34 heavy (non-hydrogen) atoms. The van der Waals surface area contributed by atoms with Crippen molar-refractivity contribution >= 4 is 28.4 Å². The maximum absolute atomic E-state index is 13.5. The van der Waals surface area contributed by atoms with E-state index in [0.29, 0.717) is 38.7 Å². The second-order valence-corrected chi connectivity index (χ2v) is 9.09. The number of benzene rings is 3. The summed E-state index contributed by atoms with van der Waals surface area (Å²) in [6.07, 6.45) is 0. The summed E-state index contributed by atoms with van der Waals surface area (Å²) in [5.41, 5.74) is 4.50. The molecular weight excluding hydrogens is 454 g/mol. The van der Waals surface area contributed by atoms with Gasteiger partial charge in [0.25, 0.3) is 11.2 Å². The van der Waals surface area contributed by atoms with Crippen LogP contribution in [0.3, 0.4) is 0 Å². The van der Waals surface area contributed by atoms with Crippen molar-refractivity contribution in [1.29, 1.82) is 0 Å². The van der Waals surface area contributed by atoms with Crippen LogP contribution in [0, 0.1) is 24.0 Å². The molecule has 0 aliphatic carbocycles. The van der Waals surface area contributed by atoms with E-state index in [-0.39, 0.29) is 24.6 Å². The Morgan fingerprint density at radius 2 is 1.88 bits per heavy atom. The van der Waals surface area contributed by atoms with Gasteiger partial charge in [0.15, 0.2) is 11.9 Å². The largest absolute Gasteiger partial charge is 0.467 e. The summed E-state index contributed by atoms with van der Waals surface area (Å²) in [6, 6.07) is 16.2. The molecule has 0 fully saturated rings. The molecule has 8 nitrogen and oxygen atoms in total. The van der Waals surface area contributed by atoms with Crippen molar-refractivity contribution in [3.8, 4) is 11.4 Å². The van der Waals surface area contributed by atoms with E-state index in [9.17, 15) is 14.9 Å². The van der Waals surface area contributed by atoms with E-state index in [1.165, 1.54) is 23.9 Å². The monoisotopic (exact) mass is 475 g/mol. The van der Waals surface area contributed by atoms with Crippen molar-refractivity contribution in [1.82, 2.24) is 9.55 Å². The number of fused-ring (bicyclic) bond motifs is 2. The fourth-order valence-electron chi connectivity index (χ4n) is 4.15. The Morgan fingerprint density at radius 3 is 2.65 bits per heavy atom. The zero-order chi connectivity index (χ0) is 23.8. The van der Waals surface area contributed by atoms with Crippen LogP contribution >= 0.6 is 11.8 Å². The van der Waals surface area contributed by atoms with Gasteiger partial charge in [-0.3, -0.25) is 19.5 Å². The Morgan fingerprint density at radius 1 is 1.12 bits per heavy atom. The second kappa shape index (κ2) is 8.92. The number of hydrogen-bond donors (Lipinski definition) is 0. The maximum Gasteiger partial charge on any atom is 0.270 e. The van der Waals surface area contributed by atoms with Crippen molar-refractivity contribution in [2.45, 2.75) is 31.4 Å². The summed E-state index contributed by atoms with van der Waals surface area (Å²) >= 11 is 1.34. The van der Waals surface area contributed by atoms with Gasteiger partial charge < -0.3 is 9.47 Å². The summed E-state index contributed by atoms with van der Waals surface area (Å²) in [6.45, 7) is 4.30. The minimum atomic E-state index is -0.428. The Hall–Kier alpha value is -3.69. The van der Waals surface area contributed by atoms with Crippen LogP contribution in [0.15, 0.2) is 64.5 Å². The molecule has 0 unspecified atom stereocenters. The predicted octanol–water partition coefficient (Wildman–Crippen LogP) is 5.07. The summed E-state index contributed by atoms with van der Waals surface area (Å²) in [7, 11) is 0. The molecule has 0 radical (unpaired) electrons. The number of aromatic nitrogens is 2. The first-order valence-electron chi connectivity index (χ1n) is 10.6. The third-order valence-corrected chi connectivity index (χ3v) is 6.54. The lowest BCUT2D eigenvalue weighted by Gasteiger charge is -2.20. The van der Waals surface area contributed by atoms with E-state index in [2.05, 4.69) is 0 Å². The zero-order valence-electron chi connectivity index (χ0n) is 18.6. The normalized spacial score (nSPS) is 12.9. The molecule has 1 aliphatic heterocycles. The van der Waals surface area contributed by atoms with Gasteiger partial charge in [0, 0.05) is 29.0 Å². The number of non-ortho nitro benzene ring substituents is 1. The first-order chi connectivity index (χ1) is 16.4. The van der Waals surface area contributed by atoms with Crippen molar-refractivity contribution < 1.29 is 14.4 Å². The van der Waals surface area contributed by atoms with Crippen LogP contribution in [-0.2, 0) is 17.1 Å². The van der Waals surface area contributed by atoms with Crippen molar-refractivity contribution in [2.75, 3.05) is 6.79 Å². The van der Waals surface area contributed by atoms with E-state index in [1.54, 1.807) is 10.6 Å². The highest BCUT2D eigenvalue weighted by Gasteiger charge is 2.22. The summed E-state index contributed by atoms with van der Waals surface area (Å²) in [5.74, 6) is 0.921. The predicted molar refractivity (Wildman–Crippen MR) is 130 cm³/mol. The highest BCUT2D eigenvalue weighted by Crippen LogP contribution is 2.36. The van der Waals surface area contributed by atoms with Crippen LogP contribution in [-0.4, -0.2) is 21.3 Å². The van der Waals surface area contributed by atoms with Crippen molar-refractivity contribution in [2.24, 2.45) is 0 Å². The van der Waals surface area contributed by atoms with Crippen LogP contribution in [0.4, 0.5) is 5.69 Å². The molecule has 0 N–H and O–H groups in total. The van der Waals surface area contributed by atoms with E-state index in [4.69, 9.17) is 14.5 Å². The highest BCUT2D eigenvalue weighted by molar-refractivity contribution is 7.98. The van der Waals surface area contributed by atoms with Gasteiger partial charge in [-0.2, -0.15) is 0 Å². The van der Waals surface area contributed by atoms with Gasteiger partial charge in [-0.05, 0) is 49.2 Å². The molecule has 1 aliphatic rings. The lowest BCUT2D eigenvalue weighted by molar-refractivity contribution is -0.385. The first-order valence-corrected chi connectivity index (χ1v) is 11.6. The molecule has 9 heteroatoms. The third-order valence-electron chi connectivity index (χ3n) is 5.55. The van der Waals surface area contributed by atoms with Gasteiger partial charge >= 0.3 is 0 Å². The van der Waals surface area contributed by atoms with Crippen LogP contribution in [0.5, 0.6) is 5.75 Å². The Labute approximate surface area is 199 Å². The maximum atomic E-state index is 13.5. The van der Waals surface area contributed by atoms with Gasteiger partial charge in [-0.15, -0.1) is 0 Å². The summed E-state index contributed by atoms with van der Waals surface area (Å²) in [4.78, 5) is 29.4. The molecule has 172 valence electrons. The number of ether oxygens (including phenoxy) is 2. The number of rotatable bonds is 5. The first kappa shape index (κ1) is 22.1. The van der Waals surface area contributed by atoms with Crippen LogP contribution in [0.2, 0.25) is 0 Å².